The maximum absolute atomic E-state index is 13.2. The van der Waals surface area contributed by atoms with E-state index in [0.717, 1.165) is 50.1 Å². The topological polar surface area (TPSA) is 61.0 Å². The summed E-state index contributed by atoms with van der Waals surface area (Å²) in [7, 11) is 0. The predicted molar refractivity (Wildman–Crippen MR) is 107 cm³/mol. The molecule has 5 nitrogen and oxygen atoms in total. The molecular weight excluding hydrogens is 355 g/mol. The Bertz CT molecular complexity index is 946. The number of benzene rings is 1. The summed E-state index contributed by atoms with van der Waals surface area (Å²) in [5, 5.41) is 4.14. The van der Waals surface area contributed by atoms with Crippen LogP contribution in [-0.2, 0) is 17.8 Å². The summed E-state index contributed by atoms with van der Waals surface area (Å²) in [5.74, 6) is -0.153. The molecule has 2 N–H and O–H groups in total. The van der Waals surface area contributed by atoms with Crippen molar-refractivity contribution in [1.82, 2.24) is 20.2 Å². The van der Waals surface area contributed by atoms with Gasteiger partial charge in [-0.2, -0.15) is 0 Å². The molecule has 3 heterocycles. The fourth-order valence-electron chi connectivity index (χ4n) is 3.90. The van der Waals surface area contributed by atoms with Crippen LogP contribution in [0.2, 0.25) is 0 Å². The van der Waals surface area contributed by atoms with Crippen molar-refractivity contribution in [3.8, 4) is 0 Å². The molecule has 1 aliphatic heterocycles. The molecule has 1 fully saturated rings. The van der Waals surface area contributed by atoms with Crippen molar-refractivity contribution in [3.05, 3.63) is 65.7 Å². The number of carbonyl (C=O) groups is 1. The van der Waals surface area contributed by atoms with Crippen LogP contribution in [0.15, 0.2) is 48.8 Å². The second kappa shape index (κ2) is 8.52. The number of hydrogen-bond donors (Lipinski definition) is 2. The third-order valence-electron chi connectivity index (χ3n) is 5.55. The standard InChI is InChI=1S/C22H25FN4O/c23-19-4-1-3-16(13-19)14-26-22(28)17-6-10-27(11-7-17)12-8-18-15-25-21-20(18)5-2-9-24-21/h1-5,9,13,15,17H,6-8,10-12,14H2,(H,24,25)(H,26,28). The highest BCUT2D eigenvalue weighted by molar-refractivity contribution is 5.79. The van der Waals surface area contributed by atoms with Crippen LogP contribution in [-0.4, -0.2) is 40.4 Å². The van der Waals surface area contributed by atoms with Gasteiger partial charge in [-0.05, 0) is 67.7 Å². The van der Waals surface area contributed by atoms with Crippen molar-refractivity contribution < 1.29 is 9.18 Å². The van der Waals surface area contributed by atoms with Crippen LogP contribution < -0.4 is 5.32 Å². The molecule has 2 aromatic heterocycles. The molecule has 3 aromatic rings. The fraction of sp³-hybridized carbons (Fsp3) is 0.364. The first kappa shape index (κ1) is 18.6. The first-order valence-corrected chi connectivity index (χ1v) is 9.84. The van der Waals surface area contributed by atoms with Gasteiger partial charge >= 0.3 is 0 Å². The molecule has 1 aliphatic rings. The number of aromatic nitrogens is 2. The first-order valence-electron chi connectivity index (χ1n) is 9.84. The molecule has 1 saturated heterocycles. The second-order valence-electron chi connectivity index (χ2n) is 7.43. The second-order valence-corrected chi connectivity index (χ2v) is 7.43. The van der Waals surface area contributed by atoms with Gasteiger partial charge in [0, 0.05) is 36.8 Å². The minimum atomic E-state index is -0.272. The zero-order chi connectivity index (χ0) is 19.3. The van der Waals surface area contributed by atoms with E-state index in [9.17, 15) is 9.18 Å². The average Bonchev–Trinajstić information content (AvgIpc) is 3.14. The monoisotopic (exact) mass is 380 g/mol. The third-order valence-corrected chi connectivity index (χ3v) is 5.55. The van der Waals surface area contributed by atoms with E-state index in [2.05, 4.69) is 26.3 Å². The Balaban J connectivity index is 1.22. The molecule has 0 bridgehead atoms. The van der Waals surface area contributed by atoms with Crippen LogP contribution in [0, 0.1) is 11.7 Å². The van der Waals surface area contributed by atoms with Gasteiger partial charge in [-0.3, -0.25) is 4.79 Å². The van der Waals surface area contributed by atoms with Crippen LogP contribution >= 0.6 is 0 Å². The number of fused-ring (bicyclic) bond motifs is 1. The van der Waals surface area contributed by atoms with Gasteiger partial charge < -0.3 is 15.2 Å². The van der Waals surface area contributed by atoms with Crippen molar-refractivity contribution in [2.45, 2.75) is 25.8 Å². The highest BCUT2D eigenvalue weighted by Crippen LogP contribution is 2.20. The summed E-state index contributed by atoms with van der Waals surface area (Å²) in [6.07, 6.45) is 6.55. The Morgan fingerprint density at radius 1 is 1.25 bits per heavy atom. The lowest BCUT2D eigenvalue weighted by Crippen LogP contribution is -2.41. The number of halogens is 1. The summed E-state index contributed by atoms with van der Waals surface area (Å²) < 4.78 is 13.2. The molecule has 0 aliphatic carbocycles. The molecule has 0 saturated carbocycles. The molecule has 0 radical (unpaired) electrons. The summed E-state index contributed by atoms with van der Waals surface area (Å²) in [5.41, 5.74) is 3.02. The minimum absolute atomic E-state index is 0.0436. The van der Waals surface area contributed by atoms with E-state index in [-0.39, 0.29) is 17.6 Å². The molecule has 1 aromatic carbocycles. The Kier molecular flexibility index (Phi) is 5.67. The number of piperidine rings is 1. The van der Waals surface area contributed by atoms with Gasteiger partial charge in [0.1, 0.15) is 11.5 Å². The highest BCUT2D eigenvalue weighted by atomic mass is 19.1. The Hall–Kier alpha value is -2.73. The molecule has 0 spiro atoms. The van der Waals surface area contributed by atoms with Crippen LogP contribution in [0.4, 0.5) is 4.39 Å². The maximum atomic E-state index is 13.2. The normalized spacial score (nSPS) is 15.8. The largest absolute Gasteiger partial charge is 0.352 e. The number of rotatable bonds is 6. The van der Waals surface area contributed by atoms with E-state index in [4.69, 9.17) is 0 Å². The molecule has 28 heavy (non-hydrogen) atoms. The fourth-order valence-corrected chi connectivity index (χ4v) is 3.90. The Labute approximate surface area is 164 Å². The Morgan fingerprint density at radius 2 is 2.11 bits per heavy atom. The number of carbonyl (C=O) groups excluding carboxylic acids is 1. The number of hydrogen-bond acceptors (Lipinski definition) is 3. The lowest BCUT2D eigenvalue weighted by atomic mass is 9.95. The van der Waals surface area contributed by atoms with Crippen LogP contribution in [0.3, 0.4) is 0 Å². The SMILES string of the molecule is O=C(NCc1cccc(F)c1)C1CCN(CCc2c[nH]c3ncccc23)CC1. The van der Waals surface area contributed by atoms with E-state index in [1.807, 2.05) is 18.3 Å². The molecule has 146 valence electrons. The van der Waals surface area contributed by atoms with Gasteiger partial charge in [0.05, 0.1) is 0 Å². The summed E-state index contributed by atoms with van der Waals surface area (Å²) >= 11 is 0. The van der Waals surface area contributed by atoms with Gasteiger partial charge in [0.15, 0.2) is 0 Å². The van der Waals surface area contributed by atoms with Crippen LogP contribution in [0.25, 0.3) is 11.0 Å². The van der Waals surface area contributed by atoms with E-state index >= 15 is 0 Å². The minimum Gasteiger partial charge on any atom is -0.352 e. The summed E-state index contributed by atoms with van der Waals surface area (Å²) in [4.78, 5) is 22.4. The lowest BCUT2D eigenvalue weighted by molar-refractivity contribution is -0.126. The van der Waals surface area contributed by atoms with Crippen LogP contribution in [0.5, 0.6) is 0 Å². The highest BCUT2D eigenvalue weighted by Gasteiger charge is 2.24. The zero-order valence-corrected chi connectivity index (χ0v) is 15.8. The van der Waals surface area contributed by atoms with E-state index < -0.39 is 0 Å². The third kappa shape index (κ3) is 4.39. The van der Waals surface area contributed by atoms with Gasteiger partial charge in [-0.25, -0.2) is 9.37 Å². The number of nitrogens with one attached hydrogen (secondary N) is 2. The van der Waals surface area contributed by atoms with Crippen molar-refractivity contribution in [2.24, 2.45) is 5.92 Å². The van der Waals surface area contributed by atoms with Gasteiger partial charge in [0.25, 0.3) is 0 Å². The smallest absolute Gasteiger partial charge is 0.223 e. The number of aromatic amines is 1. The predicted octanol–water partition coefficient (Wildman–Crippen LogP) is 3.27. The number of H-pyrrole nitrogens is 1. The number of amides is 1. The maximum Gasteiger partial charge on any atom is 0.223 e. The zero-order valence-electron chi connectivity index (χ0n) is 15.8. The van der Waals surface area contributed by atoms with Gasteiger partial charge in [-0.1, -0.05) is 12.1 Å². The lowest BCUT2D eigenvalue weighted by Gasteiger charge is -2.31. The average molecular weight is 380 g/mol. The first-order chi connectivity index (χ1) is 13.7. The summed E-state index contributed by atoms with van der Waals surface area (Å²) in [6, 6.07) is 10.4. The van der Waals surface area contributed by atoms with Gasteiger partial charge in [-0.15, -0.1) is 0 Å². The van der Waals surface area contributed by atoms with Crippen molar-refractivity contribution >= 4 is 16.9 Å². The molecule has 1 amide bonds. The van der Waals surface area contributed by atoms with E-state index in [0.29, 0.717) is 6.54 Å². The molecule has 0 unspecified atom stereocenters. The van der Waals surface area contributed by atoms with Crippen molar-refractivity contribution in [2.75, 3.05) is 19.6 Å². The molecular formula is C22H25FN4O. The van der Waals surface area contributed by atoms with E-state index in [1.54, 1.807) is 12.3 Å². The molecule has 0 atom stereocenters. The number of nitrogens with zero attached hydrogens (tertiary/aromatic N) is 2. The van der Waals surface area contributed by atoms with Gasteiger partial charge in [0.2, 0.25) is 5.91 Å². The molecule has 6 heteroatoms. The van der Waals surface area contributed by atoms with Crippen LogP contribution in [0.1, 0.15) is 24.0 Å². The number of likely N-dealkylation sites (tertiary alicyclic amines) is 1. The van der Waals surface area contributed by atoms with E-state index in [1.165, 1.54) is 23.1 Å². The quantitative estimate of drug-likeness (QED) is 0.690. The Morgan fingerprint density at radius 3 is 2.93 bits per heavy atom. The summed E-state index contributed by atoms with van der Waals surface area (Å²) in [6.45, 7) is 3.22. The van der Waals surface area contributed by atoms with Crippen molar-refractivity contribution in [3.63, 3.8) is 0 Å². The number of pyridine rings is 1. The van der Waals surface area contributed by atoms with Crippen molar-refractivity contribution in [1.29, 1.82) is 0 Å². The molecule has 4 rings (SSSR count).